The van der Waals surface area contributed by atoms with Crippen molar-refractivity contribution >= 4 is 46.0 Å². The molecule has 2 amide bonds. The van der Waals surface area contributed by atoms with E-state index in [0.717, 1.165) is 49.7 Å². The van der Waals surface area contributed by atoms with Crippen LogP contribution in [-0.4, -0.2) is 46.9 Å². The van der Waals surface area contributed by atoms with E-state index in [2.05, 4.69) is 4.72 Å². The number of benzene rings is 2. The van der Waals surface area contributed by atoms with Gasteiger partial charge in [0, 0.05) is 41.6 Å². The zero-order valence-corrected chi connectivity index (χ0v) is 23.6. The Morgan fingerprint density at radius 3 is 2.37 bits per heavy atom. The zero-order chi connectivity index (χ0) is 27.0. The van der Waals surface area contributed by atoms with Gasteiger partial charge in [-0.25, -0.2) is 8.60 Å². The van der Waals surface area contributed by atoms with Gasteiger partial charge in [-0.15, -0.1) is 0 Å². The first-order valence-corrected chi connectivity index (χ1v) is 15.2. The molecular weight excluding hydrogens is 550 g/mol. The third kappa shape index (κ3) is 6.24. The first-order chi connectivity index (χ1) is 18.1. The van der Waals surface area contributed by atoms with Gasteiger partial charge >= 0.3 is 0 Å². The number of nitrogens with zero attached hydrogens (tertiary/aromatic N) is 1. The number of hydrogen-bond donors (Lipinski definition) is 1. The number of likely N-dealkylation sites (tertiary alicyclic amines) is 1. The van der Waals surface area contributed by atoms with E-state index in [4.69, 9.17) is 27.9 Å². The summed E-state index contributed by atoms with van der Waals surface area (Å²) < 4.78 is 34.3. The standard InChI is InChI=1S/C28H31Cl2FN2O4S/c1-38(36)32-26(34)24-12-23(18-2-3-18)20(10-25(24)31)16-37-15-17-13-28(14-17)4-6-33(7-5-28)27(35)19-8-21(29)11-22(30)9-19/h8-12,17-18H,2-7,13-16H2,1H3,(H,32,34). The molecule has 1 N–H and O–H groups in total. The summed E-state index contributed by atoms with van der Waals surface area (Å²) in [6.07, 6.45) is 7.41. The Morgan fingerprint density at radius 1 is 1.11 bits per heavy atom. The molecule has 6 nitrogen and oxygen atoms in total. The second kappa shape index (κ2) is 11.2. The smallest absolute Gasteiger partial charge is 0.265 e. The van der Waals surface area contributed by atoms with Crippen LogP contribution in [0.2, 0.25) is 10.0 Å². The van der Waals surface area contributed by atoms with Gasteiger partial charge in [-0.1, -0.05) is 23.2 Å². The minimum atomic E-state index is -1.56. The summed E-state index contributed by atoms with van der Waals surface area (Å²) in [7, 11) is -1.56. The van der Waals surface area contributed by atoms with Gasteiger partial charge in [0.1, 0.15) is 16.8 Å². The normalized spacial score (nSPS) is 19.7. The summed E-state index contributed by atoms with van der Waals surface area (Å²) in [5, 5.41) is 0.914. The van der Waals surface area contributed by atoms with E-state index < -0.39 is 22.7 Å². The predicted octanol–water partition coefficient (Wildman–Crippen LogP) is 5.88. The van der Waals surface area contributed by atoms with Gasteiger partial charge in [0.2, 0.25) is 0 Å². The Bertz CT molecular complexity index is 1250. The van der Waals surface area contributed by atoms with Crippen LogP contribution in [-0.2, 0) is 22.3 Å². The van der Waals surface area contributed by atoms with Crippen molar-refractivity contribution in [1.82, 2.24) is 9.62 Å². The molecule has 3 fully saturated rings. The summed E-state index contributed by atoms with van der Waals surface area (Å²) in [6, 6.07) is 7.93. The monoisotopic (exact) mass is 580 g/mol. The van der Waals surface area contributed by atoms with Crippen molar-refractivity contribution in [2.75, 3.05) is 26.0 Å². The van der Waals surface area contributed by atoms with Gasteiger partial charge < -0.3 is 9.64 Å². The van der Waals surface area contributed by atoms with E-state index >= 15 is 0 Å². The summed E-state index contributed by atoms with van der Waals surface area (Å²) in [4.78, 5) is 27.0. The summed E-state index contributed by atoms with van der Waals surface area (Å²) in [5.41, 5.74) is 2.43. The van der Waals surface area contributed by atoms with Crippen LogP contribution >= 0.6 is 23.2 Å². The molecule has 1 spiro atoms. The molecular formula is C28H31Cl2FN2O4S. The Balaban J connectivity index is 1.11. The molecule has 5 rings (SSSR count). The number of nitrogens with one attached hydrogen (secondary N) is 1. The molecule has 2 aromatic rings. The summed E-state index contributed by atoms with van der Waals surface area (Å²) >= 11 is 12.1. The van der Waals surface area contributed by atoms with Crippen LogP contribution in [0, 0.1) is 17.2 Å². The quantitative estimate of drug-likeness (QED) is 0.423. The average Bonchev–Trinajstić information content (AvgIpc) is 3.67. The Kier molecular flexibility index (Phi) is 8.15. The highest BCUT2D eigenvalue weighted by Crippen LogP contribution is 2.53. The average molecular weight is 582 g/mol. The van der Waals surface area contributed by atoms with Crippen LogP contribution in [0.3, 0.4) is 0 Å². The molecule has 2 aromatic carbocycles. The van der Waals surface area contributed by atoms with Crippen molar-refractivity contribution in [1.29, 1.82) is 0 Å². The van der Waals surface area contributed by atoms with Gasteiger partial charge in [-0.3, -0.25) is 14.3 Å². The van der Waals surface area contributed by atoms with Crippen molar-refractivity contribution in [3.8, 4) is 0 Å². The lowest BCUT2D eigenvalue weighted by Gasteiger charge is -2.52. The maximum atomic E-state index is 14.7. The summed E-state index contributed by atoms with van der Waals surface area (Å²) in [5.74, 6) is -0.562. The number of ether oxygens (including phenoxy) is 1. The fourth-order valence-electron chi connectivity index (χ4n) is 5.96. The number of carbonyl (C=O) groups is 2. The molecule has 204 valence electrons. The van der Waals surface area contributed by atoms with Crippen LogP contribution in [0.4, 0.5) is 4.39 Å². The molecule has 0 bridgehead atoms. The van der Waals surface area contributed by atoms with E-state index in [-0.39, 0.29) is 16.9 Å². The lowest BCUT2D eigenvalue weighted by Crippen LogP contribution is -2.49. The van der Waals surface area contributed by atoms with Crippen molar-refractivity contribution in [2.45, 2.75) is 51.0 Å². The van der Waals surface area contributed by atoms with Crippen molar-refractivity contribution in [3.05, 3.63) is 68.4 Å². The van der Waals surface area contributed by atoms with Crippen LogP contribution in [0.15, 0.2) is 30.3 Å². The highest BCUT2D eigenvalue weighted by molar-refractivity contribution is 7.82. The highest BCUT2D eigenvalue weighted by atomic mass is 35.5. The number of piperidine rings is 1. The first kappa shape index (κ1) is 27.6. The minimum Gasteiger partial charge on any atom is -0.376 e. The lowest BCUT2D eigenvalue weighted by atomic mass is 9.58. The molecule has 2 aliphatic carbocycles. The topological polar surface area (TPSA) is 75.7 Å². The minimum absolute atomic E-state index is 0.0337. The number of amides is 2. The number of rotatable bonds is 8. The number of hydrogen-bond acceptors (Lipinski definition) is 4. The number of halogens is 3. The molecule has 1 unspecified atom stereocenters. The molecule has 1 aliphatic heterocycles. The van der Waals surface area contributed by atoms with E-state index in [1.807, 2.05) is 4.90 Å². The second-order valence-electron chi connectivity index (χ2n) is 10.9. The zero-order valence-electron chi connectivity index (χ0n) is 21.2. The molecule has 38 heavy (non-hydrogen) atoms. The van der Waals surface area contributed by atoms with Crippen molar-refractivity contribution < 1.29 is 22.9 Å². The molecule has 2 saturated carbocycles. The molecule has 1 atom stereocenters. The van der Waals surface area contributed by atoms with Gasteiger partial charge in [0.25, 0.3) is 11.8 Å². The molecule has 0 aromatic heterocycles. The van der Waals surface area contributed by atoms with E-state index in [0.29, 0.717) is 53.7 Å². The van der Waals surface area contributed by atoms with E-state index in [1.165, 1.54) is 12.3 Å². The fourth-order valence-corrected chi connectivity index (χ4v) is 6.86. The third-order valence-electron chi connectivity index (χ3n) is 8.00. The van der Waals surface area contributed by atoms with Crippen molar-refractivity contribution in [3.63, 3.8) is 0 Å². The SMILES string of the molecule is CS(=O)NC(=O)c1cc(C2CC2)c(COCC2CC3(CCN(C(=O)c4cc(Cl)cc(Cl)c4)CC3)C2)cc1F. The summed E-state index contributed by atoms with van der Waals surface area (Å²) in [6.45, 7) is 2.34. The largest absolute Gasteiger partial charge is 0.376 e. The molecule has 10 heteroatoms. The van der Waals surface area contributed by atoms with Gasteiger partial charge in [0.15, 0.2) is 0 Å². The van der Waals surface area contributed by atoms with Crippen molar-refractivity contribution in [2.24, 2.45) is 11.3 Å². The number of carbonyl (C=O) groups excluding carboxylic acids is 2. The highest BCUT2D eigenvalue weighted by Gasteiger charge is 2.46. The molecule has 3 aliphatic rings. The van der Waals surface area contributed by atoms with E-state index in [1.54, 1.807) is 24.3 Å². The van der Waals surface area contributed by atoms with Crippen LogP contribution in [0.25, 0.3) is 0 Å². The van der Waals surface area contributed by atoms with E-state index in [9.17, 15) is 18.2 Å². The lowest BCUT2D eigenvalue weighted by molar-refractivity contribution is -0.0491. The van der Waals surface area contributed by atoms with Crippen LogP contribution in [0.5, 0.6) is 0 Å². The van der Waals surface area contributed by atoms with Gasteiger partial charge in [-0.05, 0) is 97.2 Å². The first-order valence-electron chi connectivity index (χ1n) is 12.9. The van der Waals surface area contributed by atoms with Crippen LogP contribution < -0.4 is 4.72 Å². The van der Waals surface area contributed by atoms with Gasteiger partial charge in [0.05, 0.1) is 12.2 Å². The molecule has 1 saturated heterocycles. The third-order valence-corrected chi connectivity index (χ3v) is 8.91. The fraction of sp³-hybridized carbons (Fsp3) is 0.500. The molecule has 1 heterocycles. The van der Waals surface area contributed by atoms with Crippen LogP contribution in [0.1, 0.15) is 76.3 Å². The maximum Gasteiger partial charge on any atom is 0.265 e. The Labute approximate surface area is 234 Å². The molecule has 0 radical (unpaired) electrons. The predicted molar refractivity (Wildman–Crippen MR) is 146 cm³/mol. The van der Waals surface area contributed by atoms with Gasteiger partial charge in [-0.2, -0.15) is 0 Å². The Hall–Kier alpha value is -2.00. The second-order valence-corrected chi connectivity index (χ2v) is 12.9. The maximum absolute atomic E-state index is 14.7. The Morgan fingerprint density at radius 2 is 1.76 bits per heavy atom.